The first-order valence-corrected chi connectivity index (χ1v) is 19.4. The average Bonchev–Trinajstić information content (AvgIpc) is 3.11. The Kier molecular flexibility index (Phi) is 27.2. The fraction of sp³-hybridized carbons (Fsp3) is 0.707. The number of rotatable bonds is 34. The molecular weight excluding hydrogens is 580 g/mol. The lowest BCUT2D eigenvalue weighted by molar-refractivity contribution is 0.407. The molecule has 0 aliphatic rings. The van der Waals surface area contributed by atoms with E-state index in [-0.39, 0.29) is 0 Å². The smallest absolute Gasteiger partial charge is 0.123 e. The van der Waals surface area contributed by atoms with Gasteiger partial charge >= 0.3 is 0 Å². The number of benzene rings is 2. The molecule has 2 rings (SSSR count). The van der Waals surface area contributed by atoms with Gasteiger partial charge in [-0.2, -0.15) is 0 Å². The standard InChI is InChI=1S/C41H72N4O2/c1-46-40-28-18-16-26-38(40)36-44-34-24-14-12-22-32-42-30-20-10-8-6-4-3-5-7-9-11-21-31-43-33-23-13-15-25-35-45-37-39-27-17-19-29-41(39)47-2/h16-19,26-29,42-45H,3-15,20-25,30-37H2,1-2H3. The lowest BCUT2D eigenvalue weighted by Gasteiger charge is -2.09. The summed E-state index contributed by atoms with van der Waals surface area (Å²) in [6.45, 7) is 8.68. The van der Waals surface area contributed by atoms with Crippen molar-refractivity contribution in [2.24, 2.45) is 0 Å². The van der Waals surface area contributed by atoms with E-state index >= 15 is 0 Å². The van der Waals surface area contributed by atoms with Crippen molar-refractivity contribution < 1.29 is 9.47 Å². The monoisotopic (exact) mass is 653 g/mol. The van der Waals surface area contributed by atoms with Crippen LogP contribution < -0.4 is 30.7 Å². The first-order chi connectivity index (χ1) is 23.3. The van der Waals surface area contributed by atoms with Gasteiger partial charge in [0.05, 0.1) is 14.2 Å². The first kappa shape index (κ1) is 41.1. The molecule has 2 aromatic carbocycles. The van der Waals surface area contributed by atoms with Crippen LogP contribution in [-0.2, 0) is 13.1 Å². The second kappa shape index (κ2) is 31.2. The molecule has 0 atom stereocenters. The van der Waals surface area contributed by atoms with Crippen LogP contribution in [0.4, 0.5) is 0 Å². The number of unbranched alkanes of at least 4 members (excludes halogenated alkanes) is 16. The summed E-state index contributed by atoms with van der Waals surface area (Å²) in [6, 6.07) is 16.5. The van der Waals surface area contributed by atoms with E-state index in [1.165, 1.54) is 159 Å². The SMILES string of the molecule is COc1ccccc1CNCCCCCCNCCCCCCCCCCCCCNCCCCCCNCc1ccccc1OC. The molecule has 268 valence electrons. The second-order valence-corrected chi connectivity index (χ2v) is 13.2. The fourth-order valence-corrected chi connectivity index (χ4v) is 6.19. The molecule has 6 nitrogen and oxygen atoms in total. The molecule has 0 aliphatic heterocycles. The summed E-state index contributed by atoms with van der Waals surface area (Å²) in [4.78, 5) is 0. The van der Waals surface area contributed by atoms with Crippen molar-refractivity contribution in [3.05, 3.63) is 59.7 Å². The summed E-state index contributed by atoms with van der Waals surface area (Å²) in [5, 5.41) is 14.4. The van der Waals surface area contributed by atoms with Gasteiger partial charge in [0.15, 0.2) is 0 Å². The molecule has 0 radical (unpaired) electrons. The molecule has 0 fully saturated rings. The van der Waals surface area contributed by atoms with Gasteiger partial charge in [-0.1, -0.05) is 120 Å². The number of hydrogen-bond donors (Lipinski definition) is 4. The Bertz CT molecular complexity index is 881. The second-order valence-electron chi connectivity index (χ2n) is 13.2. The molecule has 4 N–H and O–H groups in total. The van der Waals surface area contributed by atoms with Crippen molar-refractivity contribution in [1.82, 2.24) is 21.3 Å². The molecule has 0 saturated carbocycles. The van der Waals surface area contributed by atoms with E-state index in [0.29, 0.717) is 0 Å². The van der Waals surface area contributed by atoms with Crippen LogP contribution in [0, 0.1) is 0 Å². The third kappa shape index (κ3) is 23.0. The van der Waals surface area contributed by atoms with Gasteiger partial charge in [0.1, 0.15) is 11.5 Å². The third-order valence-electron chi connectivity index (χ3n) is 9.14. The Labute approximate surface area is 289 Å². The highest BCUT2D eigenvalue weighted by atomic mass is 16.5. The van der Waals surface area contributed by atoms with Crippen LogP contribution >= 0.6 is 0 Å². The zero-order chi connectivity index (χ0) is 33.3. The van der Waals surface area contributed by atoms with Gasteiger partial charge in [-0.05, 0) is 89.9 Å². The summed E-state index contributed by atoms with van der Waals surface area (Å²) in [7, 11) is 3.49. The van der Waals surface area contributed by atoms with E-state index in [2.05, 4.69) is 45.5 Å². The zero-order valence-electron chi connectivity index (χ0n) is 30.5. The van der Waals surface area contributed by atoms with Crippen LogP contribution in [0.2, 0.25) is 0 Å². The van der Waals surface area contributed by atoms with Gasteiger partial charge in [-0.3, -0.25) is 0 Å². The predicted molar refractivity (Wildman–Crippen MR) is 203 cm³/mol. The van der Waals surface area contributed by atoms with E-state index in [0.717, 1.165) is 37.7 Å². The van der Waals surface area contributed by atoms with E-state index < -0.39 is 0 Å². The average molecular weight is 653 g/mol. The van der Waals surface area contributed by atoms with Crippen molar-refractivity contribution in [3.63, 3.8) is 0 Å². The summed E-state index contributed by atoms with van der Waals surface area (Å²) in [5.74, 6) is 1.96. The molecular formula is C41H72N4O2. The Morgan fingerprint density at radius 2 is 0.596 bits per heavy atom. The van der Waals surface area contributed by atoms with E-state index in [4.69, 9.17) is 9.47 Å². The number of hydrogen-bond acceptors (Lipinski definition) is 6. The normalized spacial score (nSPS) is 11.3. The maximum absolute atomic E-state index is 5.42. The molecule has 6 heteroatoms. The van der Waals surface area contributed by atoms with Crippen molar-refractivity contribution in [3.8, 4) is 11.5 Å². The summed E-state index contributed by atoms with van der Waals surface area (Å²) < 4.78 is 10.8. The van der Waals surface area contributed by atoms with Crippen molar-refractivity contribution >= 4 is 0 Å². The molecule has 0 aromatic heterocycles. The van der Waals surface area contributed by atoms with Gasteiger partial charge in [0.2, 0.25) is 0 Å². The zero-order valence-corrected chi connectivity index (χ0v) is 30.5. The largest absolute Gasteiger partial charge is 0.496 e. The Hall–Kier alpha value is -2.12. The number of ether oxygens (including phenoxy) is 2. The summed E-state index contributed by atoms with van der Waals surface area (Å²) in [5.41, 5.74) is 2.48. The van der Waals surface area contributed by atoms with Gasteiger partial charge in [-0.25, -0.2) is 0 Å². The minimum Gasteiger partial charge on any atom is -0.496 e. The highest BCUT2D eigenvalue weighted by Crippen LogP contribution is 2.18. The summed E-state index contributed by atoms with van der Waals surface area (Å²) >= 11 is 0. The Balaban J connectivity index is 1.18. The Morgan fingerprint density at radius 3 is 0.894 bits per heavy atom. The summed E-state index contributed by atoms with van der Waals surface area (Å²) in [6.07, 6.45) is 25.8. The maximum atomic E-state index is 5.42. The van der Waals surface area contributed by atoms with Crippen LogP contribution in [0.5, 0.6) is 11.5 Å². The third-order valence-corrected chi connectivity index (χ3v) is 9.14. The van der Waals surface area contributed by atoms with Gasteiger partial charge in [-0.15, -0.1) is 0 Å². The molecule has 0 heterocycles. The van der Waals surface area contributed by atoms with Gasteiger partial charge in [0.25, 0.3) is 0 Å². The Morgan fingerprint density at radius 1 is 0.340 bits per heavy atom. The number of nitrogens with one attached hydrogen (secondary N) is 4. The fourth-order valence-electron chi connectivity index (χ4n) is 6.19. The molecule has 0 spiro atoms. The lowest BCUT2D eigenvalue weighted by Crippen LogP contribution is -2.17. The number of para-hydroxylation sites is 2. The van der Waals surface area contributed by atoms with Crippen molar-refractivity contribution in [2.75, 3.05) is 53.5 Å². The van der Waals surface area contributed by atoms with Crippen LogP contribution in [0.25, 0.3) is 0 Å². The van der Waals surface area contributed by atoms with Gasteiger partial charge in [0, 0.05) is 24.2 Å². The van der Waals surface area contributed by atoms with E-state index in [1.54, 1.807) is 14.2 Å². The highest BCUT2D eigenvalue weighted by Gasteiger charge is 2.02. The quantitative estimate of drug-likeness (QED) is 0.0566. The molecule has 0 aliphatic carbocycles. The minimum atomic E-state index is 0.887. The van der Waals surface area contributed by atoms with Crippen LogP contribution in [0.15, 0.2) is 48.5 Å². The van der Waals surface area contributed by atoms with Crippen molar-refractivity contribution in [2.45, 2.75) is 135 Å². The van der Waals surface area contributed by atoms with E-state index in [9.17, 15) is 0 Å². The van der Waals surface area contributed by atoms with Crippen molar-refractivity contribution in [1.29, 1.82) is 0 Å². The minimum absolute atomic E-state index is 0.887. The number of methoxy groups -OCH3 is 2. The molecule has 0 amide bonds. The van der Waals surface area contributed by atoms with Gasteiger partial charge < -0.3 is 30.7 Å². The first-order valence-electron chi connectivity index (χ1n) is 19.4. The van der Waals surface area contributed by atoms with Crippen LogP contribution in [0.3, 0.4) is 0 Å². The predicted octanol–water partition coefficient (Wildman–Crippen LogP) is 9.17. The highest BCUT2D eigenvalue weighted by molar-refractivity contribution is 5.33. The molecule has 0 unspecified atom stereocenters. The lowest BCUT2D eigenvalue weighted by atomic mass is 10.1. The van der Waals surface area contributed by atoms with Crippen LogP contribution in [0.1, 0.15) is 133 Å². The maximum Gasteiger partial charge on any atom is 0.123 e. The van der Waals surface area contributed by atoms with E-state index in [1.807, 2.05) is 24.3 Å². The molecule has 0 saturated heterocycles. The van der Waals surface area contributed by atoms with Crippen LogP contribution in [-0.4, -0.2) is 53.5 Å². The molecule has 47 heavy (non-hydrogen) atoms. The topological polar surface area (TPSA) is 66.6 Å². The molecule has 0 bridgehead atoms. The molecule has 2 aromatic rings.